The van der Waals surface area contributed by atoms with Gasteiger partial charge in [-0.15, -0.1) is 5.10 Å². The summed E-state index contributed by atoms with van der Waals surface area (Å²) in [6, 6.07) is 0. The van der Waals surface area contributed by atoms with Gasteiger partial charge in [0.15, 0.2) is 0 Å². The van der Waals surface area contributed by atoms with Crippen LogP contribution in [-0.4, -0.2) is 37.6 Å². The number of rotatable bonds is 3. The lowest BCUT2D eigenvalue weighted by atomic mass is 9.89. The smallest absolute Gasteiger partial charge is 0.305 e. The summed E-state index contributed by atoms with van der Waals surface area (Å²) in [5.41, 5.74) is -0.354. The van der Waals surface area contributed by atoms with E-state index < -0.39 is 5.97 Å². The van der Waals surface area contributed by atoms with E-state index >= 15 is 0 Å². The number of thioether (sulfide) groups is 1. The predicted octanol–water partition coefficient (Wildman–Crippen LogP) is 0.975. The molecule has 0 aliphatic carbocycles. The van der Waals surface area contributed by atoms with Gasteiger partial charge in [-0.05, 0) is 24.3 Å². The van der Waals surface area contributed by atoms with Crippen LogP contribution in [0.4, 0.5) is 0 Å². The third-order valence-corrected chi connectivity index (χ3v) is 3.80. The van der Waals surface area contributed by atoms with Crippen molar-refractivity contribution in [2.24, 2.45) is 0 Å². The Balaban J connectivity index is 2.25. The van der Waals surface area contributed by atoms with Crippen molar-refractivity contribution in [1.29, 1.82) is 0 Å². The molecule has 0 radical (unpaired) electrons. The quantitative estimate of drug-likeness (QED) is 0.833. The first-order valence-electron chi connectivity index (χ1n) is 4.89. The number of hydrogen-bond acceptors (Lipinski definition) is 4. The lowest BCUT2D eigenvalue weighted by Crippen LogP contribution is -2.40. The van der Waals surface area contributed by atoms with Gasteiger partial charge in [0.05, 0.1) is 18.2 Å². The largest absolute Gasteiger partial charge is 0.481 e. The van der Waals surface area contributed by atoms with Crippen LogP contribution in [0.15, 0.2) is 12.4 Å². The third kappa shape index (κ3) is 2.14. The Bertz CT molecular complexity index is 333. The van der Waals surface area contributed by atoms with Gasteiger partial charge in [-0.25, -0.2) is 4.68 Å². The molecule has 1 aromatic rings. The minimum Gasteiger partial charge on any atom is -0.481 e. The van der Waals surface area contributed by atoms with Crippen LogP contribution >= 0.6 is 11.8 Å². The zero-order chi connectivity index (χ0) is 10.7. The molecule has 0 saturated carbocycles. The molecule has 1 saturated heterocycles. The van der Waals surface area contributed by atoms with Gasteiger partial charge < -0.3 is 5.11 Å². The summed E-state index contributed by atoms with van der Waals surface area (Å²) in [6.07, 6.45) is 5.21. The molecule has 0 unspecified atom stereocenters. The Morgan fingerprint density at radius 2 is 2.27 bits per heavy atom. The SMILES string of the molecule is O=C(O)CC1(n2ccnn2)CCSCC1. The zero-order valence-corrected chi connectivity index (χ0v) is 9.11. The highest BCUT2D eigenvalue weighted by Gasteiger charge is 2.37. The Morgan fingerprint density at radius 3 is 2.80 bits per heavy atom. The standard InChI is InChI=1S/C9H13N3O2S/c13-8(14)7-9(1-5-15-6-2-9)12-4-3-10-11-12/h3-4H,1-2,5-7H2,(H,13,14). The third-order valence-electron chi connectivity index (χ3n) is 2.81. The number of carbonyl (C=O) groups is 1. The van der Waals surface area contributed by atoms with Gasteiger partial charge in [-0.3, -0.25) is 4.79 Å². The zero-order valence-electron chi connectivity index (χ0n) is 8.30. The Morgan fingerprint density at radius 1 is 1.53 bits per heavy atom. The van der Waals surface area contributed by atoms with Gasteiger partial charge in [0, 0.05) is 6.20 Å². The van der Waals surface area contributed by atoms with E-state index in [1.54, 1.807) is 17.1 Å². The average Bonchev–Trinajstić information content (AvgIpc) is 2.71. The van der Waals surface area contributed by atoms with Crippen molar-refractivity contribution < 1.29 is 9.90 Å². The van der Waals surface area contributed by atoms with Crippen molar-refractivity contribution in [1.82, 2.24) is 15.0 Å². The first-order valence-corrected chi connectivity index (χ1v) is 6.05. The molecule has 1 aliphatic heterocycles. The molecular formula is C9H13N3O2S. The normalized spacial score (nSPS) is 20.0. The number of hydrogen-bond donors (Lipinski definition) is 1. The number of nitrogens with zero attached hydrogens (tertiary/aromatic N) is 3. The van der Waals surface area contributed by atoms with Gasteiger partial charge in [-0.1, -0.05) is 5.21 Å². The molecule has 1 fully saturated rings. The van der Waals surface area contributed by atoms with E-state index in [0.29, 0.717) is 0 Å². The van der Waals surface area contributed by atoms with Crippen molar-refractivity contribution in [2.45, 2.75) is 24.8 Å². The number of aromatic nitrogens is 3. The van der Waals surface area contributed by atoms with E-state index in [4.69, 9.17) is 5.11 Å². The highest BCUT2D eigenvalue weighted by Crippen LogP contribution is 2.35. The van der Waals surface area contributed by atoms with E-state index in [-0.39, 0.29) is 12.0 Å². The second-order valence-corrected chi connectivity index (χ2v) is 4.98. The maximum atomic E-state index is 10.9. The highest BCUT2D eigenvalue weighted by molar-refractivity contribution is 7.99. The molecule has 0 atom stereocenters. The van der Waals surface area contributed by atoms with Crippen LogP contribution in [0.5, 0.6) is 0 Å². The molecule has 1 aliphatic rings. The molecule has 2 heterocycles. The average molecular weight is 227 g/mol. The van der Waals surface area contributed by atoms with E-state index in [1.807, 2.05) is 11.8 Å². The number of carboxylic acid groups (broad SMARTS) is 1. The summed E-state index contributed by atoms with van der Waals surface area (Å²) in [7, 11) is 0. The number of aliphatic carboxylic acids is 1. The van der Waals surface area contributed by atoms with E-state index in [0.717, 1.165) is 24.3 Å². The van der Waals surface area contributed by atoms with Crippen molar-refractivity contribution in [3.8, 4) is 0 Å². The lowest BCUT2D eigenvalue weighted by Gasteiger charge is -2.35. The lowest BCUT2D eigenvalue weighted by molar-refractivity contribution is -0.139. The molecule has 0 amide bonds. The van der Waals surface area contributed by atoms with E-state index in [9.17, 15) is 4.79 Å². The second kappa shape index (κ2) is 4.22. The molecule has 6 heteroatoms. The fourth-order valence-corrected chi connectivity index (χ4v) is 3.23. The molecule has 0 spiro atoms. The minimum absolute atomic E-state index is 0.136. The van der Waals surface area contributed by atoms with Gasteiger partial charge in [-0.2, -0.15) is 11.8 Å². The summed E-state index contributed by atoms with van der Waals surface area (Å²) < 4.78 is 1.72. The van der Waals surface area contributed by atoms with Crippen LogP contribution in [-0.2, 0) is 10.3 Å². The first kappa shape index (κ1) is 10.5. The molecule has 82 valence electrons. The molecule has 0 bridgehead atoms. The summed E-state index contributed by atoms with van der Waals surface area (Å²) in [4.78, 5) is 10.9. The molecule has 1 N–H and O–H groups in total. The van der Waals surface area contributed by atoms with Crippen molar-refractivity contribution in [3.05, 3.63) is 12.4 Å². The van der Waals surface area contributed by atoms with E-state index in [1.165, 1.54) is 0 Å². The van der Waals surface area contributed by atoms with Crippen molar-refractivity contribution in [2.75, 3.05) is 11.5 Å². The molecule has 2 rings (SSSR count). The molecule has 1 aromatic heterocycles. The summed E-state index contributed by atoms with van der Waals surface area (Å²) in [6.45, 7) is 0. The van der Waals surface area contributed by atoms with Gasteiger partial charge >= 0.3 is 5.97 Å². The van der Waals surface area contributed by atoms with Crippen LogP contribution < -0.4 is 0 Å². The van der Waals surface area contributed by atoms with Crippen molar-refractivity contribution >= 4 is 17.7 Å². The van der Waals surface area contributed by atoms with Crippen LogP contribution in [0, 0.1) is 0 Å². The van der Waals surface area contributed by atoms with E-state index in [2.05, 4.69) is 10.3 Å². The summed E-state index contributed by atoms with van der Waals surface area (Å²) in [5, 5.41) is 16.7. The summed E-state index contributed by atoms with van der Waals surface area (Å²) in [5.74, 6) is 1.22. The van der Waals surface area contributed by atoms with Crippen molar-refractivity contribution in [3.63, 3.8) is 0 Å². The van der Waals surface area contributed by atoms with Gasteiger partial charge in [0.1, 0.15) is 0 Å². The van der Waals surface area contributed by atoms with Crippen LogP contribution in [0.1, 0.15) is 19.3 Å². The maximum absolute atomic E-state index is 10.9. The van der Waals surface area contributed by atoms with Crippen LogP contribution in [0.3, 0.4) is 0 Å². The highest BCUT2D eigenvalue weighted by atomic mass is 32.2. The van der Waals surface area contributed by atoms with Gasteiger partial charge in [0.25, 0.3) is 0 Å². The Kier molecular flexibility index (Phi) is 2.95. The predicted molar refractivity (Wildman–Crippen MR) is 56.8 cm³/mol. The Labute approximate surface area is 91.9 Å². The molecule has 0 aromatic carbocycles. The molecule has 15 heavy (non-hydrogen) atoms. The summed E-state index contributed by atoms with van der Waals surface area (Å²) >= 11 is 1.87. The van der Waals surface area contributed by atoms with Crippen LogP contribution in [0.25, 0.3) is 0 Å². The fraction of sp³-hybridized carbons (Fsp3) is 0.667. The maximum Gasteiger partial charge on any atom is 0.305 e. The molecular weight excluding hydrogens is 214 g/mol. The van der Waals surface area contributed by atoms with Gasteiger partial charge in [0.2, 0.25) is 0 Å². The monoisotopic (exact) mass is 227 g/mol. The van der Waals surface area contributed by atoms with Crippen LogP contribution in [0.2, 0.25) is 0 Å². The second-order valence-electron chi connectivity index (χ2n) is 3.75. The number of carboxylic acids is 1. The minimum atomic E-state index is -0.766. The fourth-order valence-electron chi connectivity index (χ4n) is 1.98. The first-order chi connectivity index (χ1) is 7.23. The topological polar surface area (TPSA) is 68.0 Å². The Hall–Kier alpha value is -1.04. The molecule has 5 nitrogen and oxygen atoms in total.